The van der Waals surface area contributed by atoms with Gasteiger partial charge in [-0.15, -0.1) is 12.4 Å². The summed E-state index contributed by atoms with van der Waals surface area (Å²) in [5.74, 6) is -0.866. The van der Waals surface area contributed by atoms with Gasteiger partial charge in [-0.3, -0.25) is 14.8 Å². The molecule has 2 aliphatic rings. The second kappa shape index (κ2) is 4.08. The van der Waals surface area contributed by atoms with E-state index in [4.69, 9.17) is 0 Å². The fourth-order valence-electron chi connectivity index (χ4n) is 2.22. The summed E-state index contributed by atoms with van der Waals surface area (Å²) in [7, 11) is 1.99. The maximum absolute atomic E-state index is 11.6. The van der Waals surface area contributed by atoms with Gasteiger partial charge in [-0.05, 0) is 33.0 Å². The van der Waals surface area contributed by atoms with Gasteiger partial charge in [0.15, 0.2) is 0 Å². The number of hydrogen-bond acceptors (Lipinski definition) is 4. The van der Waals surface area contributed by atoms with Crippen LogP contribution in [-0.4, -0.2) is 47.1 Å². The number of likely N-dealkylation sites (tertiary alicyclic amines) is 1. The first-order valence-electron chi connectivity index (χ1n) is 4.80. The lowest BCUT2D eigenvalue weighted by Gasteiger charge is -2.34. The smallest absolute Gasteiger partial charge is 0.260 e. The van der Waals surface area contributed by atoms with E-state index >= 15 is 0 Å². The van der Waals surface area contributed by atoms with Crippen LogP contribution in [0.25, 0.3) is 0 Å². The molecule has 6 heteroatoms. The first kappa shape index (κ1) is 12.4. The van der Waals surface area contributed by atoms with Crippen molar-refractivity contribution in [3.63, 3.8) is 0 Å². The van der Waals surface area contributed by atoms with Crippen molar-refractivity contribution in [2.45, 2.75) is 19.3 Å². The van der Waals surface area contributed by atoms with Gasteiger partial charge in [0.2, 0.25) is 0 Å². The van der Waals surface area contributed by atoms with Crippen molar-refractivity contribution in [2.75, 3.05) is 20.1 Å². The number of imide groups is 1. The molecule has 2 rings (SSSR count). The molecule has 0 atom stereocenters. The summed E-state index contributed by atoms with van der Waals surface area (Å²) in [6.45, 7) is 1.62. The zero-order valence-electron chi connectivity index (χ0n) is 8.60. The Bertz CT molecular complexity index is 287. The molecule has 0 bridgehead atoms. The van der Waals surface area contributed by atoms with Crippen molar-refractivity contribution in [1.82, 2.24) is 9.96 Å². The molecule has 2 aliphatic heterocycles. The average molecular weight is 235 g/mol. The molecule has 0 aromatic heterocycles. The fraction of sp³-hybridized carbons (Fsp3) is 0.778. The summed E-state index contributed by atoms with van der Waals surface area (Å²) >= 11 is 0. The number of hydroxylamine groups is 2. The van der Waals surface area contributed by atoms with Crippen LogP contribution in [0.1, 0.15) is 19.3 Å². The third-order valence-corrected chi connectivity index (χ3v) is 3.32. The van der Waals surface area contributed by atoms with Crippen LogP contribution in [0.3, 0.4) is 0 Å². The molecule has 2 amide bonds. The standard InChI is InChI=1S/C9H14N2O3.ClH/c1-10-4-2-9(3-5-10)6-7(12)11(14)8(9)13;/h14H,2-6H2,1H3;1H. The van der Waals surface area contributed by atoms with E-state index < -0.39 is 17.2 Å². The fourth-order valence-corrected chi connectivity index (χ4v) is 2.22. The Hall–Kier alpha value is -0.650. The molecule has 15 heavy (non-hydrogen) atoms. The summed E-state index contributed by atoms with van der Waals surface area (Å²) in [5, 5.41) is 9.47. The molecule has 0 aromatic carbocycles. The SMILES string of the molecule is CN1CCC2(CC1)CC(=O)N(O)C2=O.Cl. The highest BCUT2D eigenvalue weighted by Crippen LogP contribution is 2.41. The van der Waals surface area contributed by atoms with Gasteiger partial charge in [0.1, 0.15) is 0 Å². The number of carbonyl (C=O) groups is 2. The van der Waals surface area contributed by atoms with Gasteiger partial charge < -0.3 is 4.90 Å². The minimum Gasteiger partial charge on any atom is -0.306 e. The quantitative estimate of drug-likeness (QED) is 0.483. The number of amides is 2. The summed E-state index contributed by atoms with van der Waals surface area (Å²) in [6, 6.07) is 0. The first-order valence-corrected chi connectivity index (χ1v) is 4.80. The molecule has 0 aliphatic carbocycles. The predicted molar refractivity (Wildman–Crippen MR) is 54.7 cm³/mol. The molecule has 2 saturated heterocycles. The molecule has 0 aromatic rings. The van der Waals surface area contributed by atoms with Crippen molar-refractivity contribution in [1.29, 1.82) is 0 Å². The highest BCUT2D eigenvalue weighted by Gasteiger charge is 2.52. The number of halogens is 1. The topological polar surface area (TPSA) is 60.9 Å². The average Bonchev–Trinajstić information content (AvgIpc) is 2.37. The lowest BCUT2D eigenvalue weighted by molar-refractivity contribution is -0.175. The van der Waals surface area contributed by atoms with Crippen LogP contribution in [0, 0.1) is 5.41 Å². The molecular formula is C9H15ClN2O3. The van der Waals surface area contributed by atoms with Gasteiger partial charge in [-0.25, -0.2) is 0 Å². The maximum atomic E-state index is 11.6. The van der Waals surface area contributed by atoms with Gasteiger partial charge >= 0.3 is 0 Å². The minimum atomic E-state index is -0.599. The normalized spacial score (nSPS) is 25.9. The molecule has 0 radical (unpaired) electrons. The molecule has 1 N–H and O–H groups in total. The third-order valence-electron chi connectivity index (χ3n) is 3.32. The van der Waals surface area contributed by atoms with Crippen LogP contribution in [0.15, 0.2) is 0 Å². The Morgan fingerprint density at radius 1 is 1.27 bits per heavy atom. The van der Waals surface area contributed by atoms with Gasteiger partial charge in [-0.1, -0.05) is 0 Å². The Morgan fingerprint density at radius 2 is 1.80 bits per heavy atom. The van der Waals surface area contributed by atoms with Crippen LogP contribution in [0.2, 0.25) is 0 Å². The van der Waals surface area contributed by atoms with Crippen molar-refractivity contribution < 1.29 is 14.8 Å². The molecule has 86 valence electrons. The van der Waals surface area contributed by atoms with Crippen molar-refractivity contribution in [3.8, 4) is 0 Å². The molecule has 0 unspecified atom stereocenters. The van der Waals surface area contributed by atoms with Crippen molar-refractivity contribution in [3.05, 3.63) is 0 Å². The molecule has 2 heterocycles. The van der Waals surface area contributed by atoms with Crippen molar-refractivity contribution >= 4 is 24.2 Å². The minimum absolute atomic E-state index is 0. The van der Waals surface area contributed by atoms with E-state index in [9.17, 15) is 14.8 Å². The van der Waals surface area contributed by atoms with Gasteiger partial charge in [0.25, 0.3) is 11.8 Å². The first-order chi connectivity index (χ1) is 6.55. The highest BCUT2D eigenvalue weighted by molar-refractivity contribution is 6.04. The molecular weight excluding hydrogens is 220 g/mol. The van der Waals surface area contributed by atoms with E-state index in [1.54, 1.807) is 0 Å². The summed E-state index contributed by atoms with van der Waals surface area (Å²) < 4.78 is 0. The highest BCUT2D eigenvalue weighted by atomic mass is 35.5. The number of piperidine rings is 1. The predicted octanol–water partition coefficient (Wildman–Crippen LogP) is 0.268. The van der Waals surface area contributed by atoms with Crippen LogP contribution >= 0.6 is 12.4 Å². The van der Waals surface area contributed by atoms with E-state index in [2.05, 4.69) is 4.90 Å². The third kappa shape index (κ3) is 1.87. The Balaban J connectivity index is 0.00000112. The molecule has 0 saturated carbocycles. The van der Waals surface area contributed by atoms with Crippen LogP contribution in [0.4, 0.5) is 0 Å². The number of rotatable bonds is 0. The molecule has 2 fully saturated rings. The van der Waals surface area contributed by atoms with Crippen LogP contribution < -0.4 is 0 Å². The number of nitrogens with zero attached hydrogens (tertiary/aromatic N) is 2. The molecule has 1 spiro atoms. The van der Waals surface area contributed by atoms with E-state index in [-0.39, 0.29) is 18.8 Å². The monoisotopic (exact) mass is 234 g/mol. The zero-order chi connectivity index (χ0) is 10.3. The Labute approximate surface area is 94.4 Å². The van der Waals surface area contributed by atoms with Gasteiger partial charge in [-0.2, -0.15) is 5.06 Å². The summed E-state index contributed by atoms with van der Waals surface area (Å²) in [6.07, 6.45) is 1.52. The number of carbonyl (C=O) groups excluding carboxylic acids is 2. The lowest BCUT2D eigenvalue weighted by Crippen LogP contribution is -2.42. The number of hydrogen-bond donors (Lipinski definition) is 1. The largest absolute Gasteiger partial charge is 0.306 e. The van der Waals surface area contributed by atoms with Crippen LogP contribution in [-0.2, 0) is 9.59 Å². The van der Waals surface area contributed by atoms with Crippen LogP contribution in [0.5, 0.6) is 0 Å². The van der Waals surface area contributed by atoms with Gasteiger partial charge in [0, 0.05) is 6.42 Å². The van der Waals surface area contributed by atoms with E-state index in [1.807, 2.05) is 7.05 Å². The Kier molecular flexibility index (Phi) is 3.38. The Morgan fingerprint density at radius 3 is 2.20 bits per heavy atom. The second-order valence-electron chi connectivity index (χ2n) is 4.27. The van der Waals surface area contributed by atoms with E-state index in [0.29, 0.717) is 17.9 Å². The van der Waals surface area contributed by atoms with Gasteiger partial charge in [0.05, 0.1) is 5.41 Å². The summed E-state index contributed by atoms with van der Waals surface area (Å²) in [4.78, 5) is 24.9. The van der Waals surface area contributed by atoms with E-state index in [0.717, 1.165) is 13.1 Å². The van der Waals surface area contributed by atoms with Crippen molar-refractivity contribution in [2.24, 2.45) is 5.41 Å². The second-order valence-corrected chi connectivity index (χ2v) is 4.27. The maximum Gasteiger partial charge on any atom is 0.260 e. The lowest BCUT2D eigenvalue weighted by atomic mass is 9.77. The zero-order valence-corrected chi connectivity index (χ0v) is 9.42. The molecule has 5 nitrogen and oxygen atoms in total. The van der Waals surface area contributed by atoms with E-state index in [1.165, 1.54) is 0 Å². The summed E-state index contributed by atoms with van der Waals surface area (Å²) in [5.41, 5.74) is -0.599.